The van der Waals surface area contributed by atoms with E-state index < -0.39 is 0 Å². The van der Waals surface area contributed by atoms with Crippen LogP contribution in [0.2, 0.25) is 0 Å². The van der Waals surface area contributed by atoms with Gasteiger partial charge >= 0.3 is 0 Å². The molecule has 3 N–H and O–H groups in total. The molecule has 0 saturated heterocycles. The van der Waals surface area contributed by atoms with Crippen LogP contribution >= 0.6 is 0 Å². The minimum Gasteiger partial charge on any atom is -1.00 e. The van der Waals surface area contributed by atoms with Crippen LogP contribution in [0.25, 0.3) is 0 Å². The second kappa shape index (κ2) is 11.0. The van der Waals surface area contributed by atoms with Gasteiger partial charge in [0.2, 0.25) is 11.6 Å². The molecule has 2 aliphatic rings. The molecular weight excluding hydrogens is 468 g/mol. The average Bonchev–Trinajstić information content (AvgIpc) is 3.18. The average molecular weight is 507 g/mol. The third kappa shape index (κ3) is 5.00. The maximum atomic E-state index is 11.4. The van der Waals surface area contributed by atoms with Crippen LogP contribution < -0.4 is 28.6 Å². The van der Waals surface area contributed by atoms with Gasteiger partial charge in [0.25, 0.3) is 0 Å². The maximum Gasteiger partial charge on any atom is 0.233 e. The summed E-state index contributed by atoms with van der Waals surface area (Å²) in [6.45, 7) is 10.2. The van der Waals surface area contributed by atoms with Crippen molar-refractivity contribution in [1.82, 2.24) is 5.43 Å². The van der Waals surface area contributed by atoms with Gasteiger partial charge in [0.15, 0.2) is 5.71 Å². The summed E-state index contributed by atoms with van der Waals surface area (Å²) in [5.41, 5.74) is 10.0. The van der Waals surface area contributed by atoms with Crippen molar-refractivity contribution in [2.45, 2.75) is 64.2 Å². The molecule has 1 amide bonds. The largest absolute Gasteiger partial charge is 1.00 e. The van der Waals surface area contributed by atoms with Crippen LogP contribution in [0.5, 0.6) is 0 Å². The smallest absolute Gasteiger partial charge is 0.233 e. The SMILES string of the molecule is C[N+]1=C(/C=C/C=C2\N(CCCCCC(=O)NN)c3ccccc3C2(C)C)C(C)(C)c2ccccc21.[Cl-]. The normalized spacial score (nSPS) is 18.4. The first-order valence-corrected chi connectivity index (χ1v) is 12.7. The fourth-order valence-corrected chi connectivity index (χ4v) is 5.72. The zero-order valence-corrected chi connectivity index (χ0v) is 22.9. The van der Waals surface area contributed by atoms with E-state index >= 15 is 0 Å². The van der Waals surface area contributed by atoms with E-state index in [9.17, 15) is 4.79 Å². The van der Waals surface area contributed by atoms with E-state index in [2.05, 4.69) is 116 Å². The van der Waals surface area contributed by atoms with E-state index in [1.807, 2.05) is 0 Å². The Hall–Kier alpha value is -2.89. The highest BCUT2D eigenvalue weighted by Gasteiger charge is 2.43. The number of allylic oxidation sites excluding steroid dienone is 4. The number of hydrazine groups is 1. The van der Waals surface area contributed by atoms with Crippen LogP contribution in [0, 0.1) is 0 Å². The molecule has 2 heterocycles. The number of para-hydroxylation sites is 2. The Kier molecular flexibility index (Phi) is 8.48. The number of amides is 1. The summed E-state index contributed by atoms with van der Waals surface area (Å²) >= 11 is 0. The molecule has 4 rings (SSSR count). The molecule has 0 saturated carbocycles. The quantitative estimate of drug-likeness (QED) is 0.190. The van der Waals surface area contributed by atoms with Crippen molar-refractivity contribution in [2.75, 3.05) is 18.5 Å². The third-order valence-corrected chi connectivity index (χ3v) is 7.69. The molecule has 0 bridgehead atoms. The molecule has 2 aromatic rings. The molecule has 0 atom stereocenters. The summed E-state index contributed by atoms with van der Waals surface area (Å²) in [5, 5.41) is 0. The number of carbonyl (C=O) groups excluding carboxylic acids is 1. The number of halogens is 1. The van der Waals surface area contributed by atoms with Crippen molar-refractivity contribution in [2.24, 2.45) is 5.84 Å². The van der Waals surface area contributed by atoms with Crippen LogP contribution in [0.3, 0.4) is 0 Å². The lowest BCUT2D eigenvalue weighted by Crippen LogP contribution is -3.00. The van der Waals surface area contributed by atoms with E-state index in [0.29, 0.717) is 6.42 Å². The maximum absolute atomic E-state index is 11.4. The number of rotatable bonds is 8. The number of anilines is 1. The van der Waals surface area contributed by atoms with E-state index in [4.69, 9.17) is 5.84 Å². The van der Waals surface area contributed by atoms with Gasteiger partial charge in [0, 0.05) is 47.5 Å². The predicted octanol–water partition coefficient (Wildman–Crippen LogP) is 2.48. The molecule has 0 unspecified atom stereocenters. The van der Waals surface area contributed by atoms with E-state index in [0.717, 1.165) is 25.8 Å². The first kappa shape index (κ1) is 27.7. The molecule has 5 nitrogen and oxygen atoms in total. The van der Waals surface area contributed by atoms with Crippen molar-refractivity contribution in [3.05, 3.63) is 83.6 Å². The minimum atomic E-state index is -0.0946. The molecule has 0 radical (unpaired) electrons. The van der Waals surface area contributed by atoms with Crippen molar-refractivity contribution in [1.29, 1.82) is 0 Å². The first-order chi connectivity index (χ1) is 16.7. The Balaban J connectivity index is 0.00000361. The highest BCUT2D eigenvalue weighted by Crippen LogP contribution is 2.47. The number of nitrogens with one attached hydrogen (secondary N) is 1. The summed E-state index contributed by atoms with van der Waals surface area (Å²) in [5.74, 6) is 5.11. The lowest BCUT2D eigenvalue weighted by atomic mass is 9.81. The molecule has 6 heteroatoms. The number of nitrogens with two attached hydrogens (primary N) is 1. The van der Waals surface area contributed by atoms with Crippen LogP contribution in [0.1, 0.15) is 64.5 Å². The second-order valence-electron chi connectivity index (χ2n) is 10.7. The van der Waals surface area contributed by atoms with Crippen molar-refractivity contribution in [3.63, 3.8) is 0 Å². The molecule has 0 spiro atoms. The lowest BCUT2D eigenvalue weighted by Gasteiger charge is -2.27. The highest BCUT2D eigenvalue weighted by atomic mass is 35.5. The minimum absolute atomic E-state index is 0. The van der Waals surface area contributed by atoms with Crippen LogP contribution in [-0.2, 0) is 15.6 Å². The monoisotopic (exact) mass is 506 g/mol. The number of hydrogen-bond acceptors (Lipinski definition) is 3. The van der Waals surface area contributed by atoms with Crippen LogP contribution in [0.15, 0.2) is 72.5 Å². The van der Waals surface area contributed by atoms with Gasteiger partial charge < -0.3 is 17.3 Å². The Labute approximate surface area is 222 Å². The number of benzene rings is 2. The fourth-order valence-electron chi connectivity index (χ4n) is 5.72. The fraction of sp³-hybridized carbons (Fsp3) is 0.400. The zero-order valence-electron chi connectivity index (χ0n) is 22.1. The number of unbranched alkanes of at least 4 members (excludes halogenated alkanes) is 2. The van der Waals surface area contributed by atoms with Gasteiger partial charge in [-0.3, -0.25) is 10.2 Å². The van der Waals surface area contributed by atoms with Gasteiger partial charge in [-0.15, -0.1) is 0 Å². The predicted molar refractivity (Wildman–Crippen MR) is 145 cm³/mol. The van der Waals surface area contributed by atoms with Gasteiger partial charge in [0.1, 0.15) is 7.05 Å². The van der Waals surface area contributed by atoms with Crippen LogP contribution in [-0.4, -0.2) is 29.8 Å². The Bertz CT molecular complexity index is 1210. The summed E-state index contributed by atoms with van der Waals surface area (Å²) in [4.78, 5) is 13.9. The molecule has 192 valence electrons. The number of hydrogen-bond donors (Lipinski definition) is 2. The number of nitrogens with zero attached hydrogens (tertiary/aromatic N) is 2. The Morgan fingerprint density at radius 2 is 1.64 bits per heavy atom. The number of carbonyl (C=O) groups is 1. The molecule has 0 fully saturated rings. The Morgan fingerprint density at radius 3 is 2.33 bits per heavy atom. The van der Waals surface area contributed by atoms with E-state index in [-0.39, 0.29) is 29.1 Å². The van der Waals surface area contributed by atoms with Crippen LogP contribution in [0.4, 0.5) is 11.4 Å². The summed E-state index contributed by atoms with van der Waals surface area (Å²) in [6.07, 6.45) is 10.1. The van der Waals surface area contributed by atoms with Crippen molar-refractivity contribution < 1.29 is 21.8 Å². The summed E-state index contributed by atoms with van der Waals surface area (Å²) < 4.78 is 2.31. The topological polar surface area (TPSA) is 61.4 Å². The molecule has 2 aromatic carbocycles. The number of fused-ring (bicyclic) bond motifs is 2. The lowest BCUT2D eigenvalue weighted by molar-refractivity contribution is -0.401. The third-order valence-electron chi connectivity index (χ3n) is 7.69. The summed E-state index contributed by atoms with van der Waals surface area (Å²) in [7, 11) is 2.16. The zero-order chi connectivity index (χ0) is 25.2. The van der Waals surface area contributed by atoms with Gasteiger partial charge in [-0.2, -0.15) is 4.58 Å². The Morgan fingerprint density at radius 1 is 0.972 bits per heavy atom. The molecule has 36 heavy (non-hydrogen) atoms. The second-order valence-corrected chi connectivity index (χ2v) is 10.7. The van der Waals surface area contributed by atoms with Gasteiger partial charge in [-0.05, 0) is 44.4 Å². The van der Waals surface area contributed by atoms with E-state index in [1.165, 1.54) is 33.9 Å². The standard InChI is InChI=1S/C30H38N4O.ClH/c1-29(2)22-14-8-10-16-24(22)33(5)26(29)18-13-19-27-30(3,4)23-15-9-11-17-25(23)34(27)21-12-6-7-20-28(35)32-31;/h8-11,13-19H,6-7,12,20-21,31H2,1-5H3;1H. The first-order valence-electron chi connectivity index (χ1n) is 12.7. The van der Waals surface area contributed by atoms with Gasteiger partial charge in [-0.25, -0.2) is 5.84 Å². The molecular formula is C30H39ClN4O. The summed E-state index contributed by atoms with van der Waals surface area (Å²) in [6, 6.07) is 17.4. The van der Waals surface area contributed by atoms with Crippen molar-refractivity contribution in [3.8, 4) is 0 Å². The van der Waals surface area contributed by atoms with Gasteiger partial charge in [-0.1, -0.05) is 62.7 Å². The molecule has 2 aliphatic heterocycles. The highest BCUT2D eigenvalue weighted by molar-refractivity contribution is 6.03. The van der Waals surface area contributed by atoms with Gasteiger partial charge in [0.05, 0.1) is 5.41 Å². The molecule has 0 aromatic heterocycles. The molecule has 0 aliphatic carbocycles. The van der Waals surface area contributed by atoms with Crippen molar-refractivity contribution >= 4 is 23.0 Å². The van der Waals surface area contributed by atoms with E-state index in [1.54, 1.807) is 0 Å².